The van der Waals surface area contributed by atoms with Gasteiger partial charge in [0.1, 0.15) is 5.75 Å². The van der Waals surface area contributed by atoms with Gasteiger partial charge in [0.15, 0.2) is 0 Å². The molecular weight excluding hydrogens is 100 g/mol. The van der Waals surface area contributed by atoms with Gasteiger partial charge in [-0.3, -0.25) is 0 Å². The number of hydrogen-bond donors (Lipinski definition) is 0. The van der Waals surface area contributed by atoms with Gasteiger partial charge in [0.25, 0.3) is 0 Å². The first-order valence-electron chi connectivity index (χ1n) is 2.27. The van der Waals surface area contributed by atoms with Crippen LogP contribution >= 0.6 is 0 Å². The maximum Gasteiger partial charge on any atom is 0.127 e. The Morgan fingerprint density at radius 3 is 2.88 bits per heavy atom. The smallest absolute Gasteiger partial charge is 0.127 e. The second kappa shape index (κ2) is 2.36. The molecule has 0 aromatic heterocycles. The first-order valence-corrected chi connectivity index (χ1v) is 2.27. The molecule has 0 saturated carbocycles. The van der Waals surface area contributed by atoms with E-state index in [0.717, 1.165) is 0 Å². The van der Waals surface area contributed by atoms with E-state index in [1.807, 2.05) is 0 Å². The first kappa shape index (κ1) is 5.16. The van der Waals surface area contributed by atoms with Crippen LogP contribution in [0, 0.1) is 18.2 Å². The van der Waals surface area contributed by atoms with Gasteiger partial charge in [0.05, 0.1) is 7.11 Å². The number of ether oxygens (including phenoxy) is 1. The van der Waals surface area contributed by atoms with E-state index < -0.39 is 0 Å². The van der Waals surface area contributed by atoms with Crippen LogP contribution < -0.4 is 4.74 Å². The molecule has 1 rings (SSSR count). The molecule has 0 amide bonds. The van der Waals surface area contributed by atoms with E-state index in [9.17, 15) is 0 Å². The van der Waals surface area contributed by atoms with E-state index in [-0.39, 0.29) is 0 Å². The second-order valence-corrected chi connectivity index (χ2v) is 1.30. The summed E-state index contributed by atoms with van der Waals surface area (Å²) in [5.41, 5.74) is 0. The molecule has 8 heavy (non-hydrogen) atoms. The molecule has 0 N–H and O–H groups in total. The molecule has 0 spiro atoms. The van der Waals surface area contributed by atoms with E-state index in [2.05, 4.69) is 18.2 Å². The molecule has 39 valence electrons. The minimum absolute atomic E-state index is 0.698. The van der Waals surface area contributed by atoms with Crippen LogP contribution in [0.4, 0.5) is 0 Å². The fourth-order valence-electron chi connectivity index (χ4n) is 0.417. The summed E-state index contributed by atoms with van der Waals surface area (Å²) in [4.78, 5) is 0. The molecule has 3 radical (unpaired) electrons. The third kappa shape index (κ3) is 0.997. The lowest BCUT2D eigenvalue weighted by Gasteiger charge is -1.92. The summed E-state index contributed by atoms with van der Waals surface area (Å²) < 4.78 is 4.81. The van der Waals surface area contributed by atoms with Crippen LogP contribution in [0.3, 0.4) is 0 Å². The third-order valence-electron chi connectivity index (χ3n) is 0.796. The van der Waals surface area contributed by atoms with Crippen molar-refractivity contribution in [2.45, 2.75) is 0 Å². The zero-order chi connectivity index (χ0) is 5.82. The highest BCUT2D eigenvalue weighted by Gasteiger charge is 1.82. The molecule has 0 atom stereocenters. The van der Waals surface area contributed by atoms with Gasteiger partial charge in [0, 0.05) is 12.1 Å². The predicted octanol–water partition coefficient (Wildman–Crippen LogP) is 1.10. The molecule has 1 nitrogen and oxygen atoms in total. The van der Waals surface area contributed by atoms with Gasteiger partial charge in [-0.15, -0.1) is 0 Å². The topological polar surface area (TPSA) is 9.23 Å². The Hall–Kier alpha value is -0.980. The molecule has 0 fully saturated rings. The fraction of sp³-hybridized carbons (Fsp3) is 0.143. The van der Waals surface area contributed by atoms with Crippen molar-refractivity contribution in [3.05, 3.63) is 30.3 Å². The van der Waals surface area contributed by atoms with Crippen molar-refractivity contribution in [1.29, 1.82) is 0 Å². The maximum absolute atomic E-state index is 4.81. The summed E-state index contributed by atoms with van der Waals surface area (Å²) in [6.45, 7) is 0. The van der Waals surface area contributed by atoms with Crippen LogP contribution in [0.1, 0.15) is 0 Å². The zero-order valence-electron chi connectivity index (χ0n) is 4.56. The van der Waals surface area contributed by atoms with Gasteiger partial charge in [-0.1, -0.05) is 6.07 Å². The highest BCUT2D eigenvalue weighted by atomic mass is 16.5. The highest BCUT2D eigenvalue weighted by Crippen LogP contribution is 2.03. The van der Waals surface area contributed by atoms with Crippen LogP contribution in [0.15, 0.2) is 12.1 Å². The highest BCUT2D eigenvalue weighted by molar-refractivity contribution is 5.17. The van der Waals surface area contributed by atoms with Gasteiger partial charge in [-0.2, -0.15) is 0 Å². The van der Waals surface area contributed by atoms with Crippen molar-refractivity contribution in [3.8, 4) is 5.75 Å². The number of hydrogen-bond acceptors (Lipinski definition) is 1. The zero-order valence-corrected chi connectivity index (χ0v) is 4.56. The lowest BCUT2D eigenvalue weighted by molar-refractivity contribution is 0.414. The normalized spacial score (nSPS) is 8.62. The molecule has 1 heteroatoms. The standard InChI is InChI=1S/C7H5O/c1-8-7-5-3-2-4-6-7/h3,5H,1H3. The molecule has 0 heterocycles. The number of rotatable bonds is 1. The Labute approximate surface area is 48.9 Å². The number of benzene rings is 1. The predicted molar refractivity (Wildman–Crippen MR) is 29.5 cm³/mol. The third-order valence-corrected chi connectivity index (χ3v) is 0.796. The van der Waals surface area contributed by atoms with E-state index >= 15 is 0 Å². The van der Waals surface area contributed by atoms with E-state index in [1.54, 1.807) is 19.2 Å². The summed E-state index contributed by atoms with van der Waals surface area (Å²) in [6, 6.07) is 11.6. The Balaban J connectivity index is 2.83. The lowest BCUT2D eigenvalue weighted by Crippen LogP contribution is -1.79. The molecule has 0 aliphatic rings. The monoisotopic (exact) mass is 105 g/mol. The molecule has 0 unspecified atom stereocenters. The minimum Gasteiger partial charge on any atom is -0.496 e. The summed E-state index contributed by atoms with van der Waals surface area (Å²) in [6.07, 6.45) is 0. The summed E-state index contributed by atoms with van der Waals surface area (Å²) >= 11 is 0. The van der Waals surface area contributed by atoms with Crippen molar-refractivity contribution in [3.63, 3.8) is 0 Å². The van der Waals surface area contributed by atoms with E-state index in [1.165, 1.54) is 0 Å². The van der Waals surface area contributed by atoms with Crippen molar-refractivity contribution in [1.82, 2.24) is 0 Å². The van der Waals surface area contributed by atoms with Crippen LogP contribution in [0.25, 0.3) is 0 Å². The first-order chi connectivity index (χ1) is 3.93. The largest absolute Gasteiger partial charge is 0.496 e. The maximum atomic E-state index is 4.81. The second-order valence-electron chi connectivity index (χ2n) is 1.30. The lowest BCUT2D eigenvalue weighted by atomic mass is 10.3. The minimum atomic E-state index is 0.698. The van der Waals surface area contributed by atoms with E-state index in [0.29, 0.717) is 5.75 Å². The molecule has 0 aliphatic carbocycles. The Kier molecular flexibility index (Phi) is 1.52. The Morgan fingerprint density at radius 1 is 1.62 bits per heavy atom. The van der Waals surface area contributed by atoms with Crippen molar-refractivity contribution in [2.75, 3.05) is 7.11 Å². The van der Waals surface area contributed by atoms with Gasteiger partial charge < -0.3 is 4.74 Å². The van der Waals surface area contributed by atoms with Gasteiger partial charge in [0.2, 0.25) is 0 Å². The average molecular weight is 105 g/mol. The van der Waals surface area contributed by atoms with Crippen molar-refractivity contribution in [2.24, 2.45) is 0 Å². The van der Waals surface area contributed by atoms with Gasteiger partial charge in [-0.05, 0) is 12.1 Å². The molecule has 0 bridgehead atoms. The summed E-state index contributed by atoms with van der Waals surface area (Å²) in [7, 11) is 1.60. The molecule has 1 aromatic carbocycles. The molecule has 1 aromatic rings. The Morgan fingerprint density at radius 2 is 2.50 bits per heavy atom. The summed E-state index contributed by atoms with van der Waals surface area (Å²) in [5, 5.41) is 0. The number of methoxy groups -OCH3 is 1. The summed E-state index contributed by atoms with van der Waals surface area (Å²) in [5.74, 6) is 0.698. The van der Waals surface area contributed by atoms with Crippen LogP contribution in [-0.2, 0) is 0 Å². The van der Waals surface area contributed by atoms with Crippen molar-refractivity contribution >= 4 is 0 Å². The molecule has 0 aliphatic heterocycles. The van der Waals surface area contributed by atoms with Crippen molar-refractivity contribution < 1.29 is 4.74 Å². The molecule has 0 saturated heterocycles. The fourth-order valence-corrected chi connectivity index (χ4v) is 0.417. The van der Waals surface area contributed by atoms with Crippen LogP contribution in [0.2, 0.25) is 0 Å². The van der Waals surface area contributed by atoms with Crippen LogP contribution in [0.5, 0.6) is 5.75 Å². The SMILES string of the molecule is COc1[c][c][c]cc1. The average Bonchev–Trinajstić information content (AvgIpc) is 1.90. The van der Waals surface area contributed by atoms with Crippen LogP contribution in [-0.4, -0.2) is 7.11 Å². The van der Waals surface area contributed by atoms with Gasteiger partial charge in [-0.25, -0.2) is 0 Å². The van der Waals surface area contributed by atoms with Gasteiger partial charge >= 0.3 is 0 Å². The van der Waals surface area contributed by atoms with E-state index in [4.69, 9.17) is 4.74 Å². The molecular formula is C7H5O. The quantitative estimate of drug-likeness (QED) is 0.519. The Bertz CT molecular complexity index is 146.